The van der Waals surface area contributed by atoms with E-state index >= 15 is 0 Å². The van der Waals surface area contributed by atoms with Crippen LogP contribution in [0, 0.1) is 0 Å². The summed E-state index contributed by atoms with van der Waals surface area (Å²) in [4.78, 5) is 1.12. The fraction of sp³-hybridized carbons (Fsp3) is 0.235. The van der Waals surface area contributed by atoms with Crippen molar-refractivity contribution in [2.45, 2.75) is 13.1 Å². The zero-order valence-corrected chi connectivity index (χ0v) is 13.7. The van der Waals surface area contributed by atoms with Gasteiger partial charge in [-0.1, -0.05) is 18.2 Å². The van der Waals surface area contributed by atoms with E-state index in [2.05, 4.69) is 10.4 Å². The average Bonchev–Trinajstić information content (AvgIpc) is 3.23. The molecule has 5 nitrogen and oxygen atoms in total. The minimum atomic E-state index is 0.0583. The molecule has 0 bridgehead atoms. The quantitative estimate of drug-likeness (QED) is 0.699. The van der Waals surface area contributed by atoms with Crippen molar-refractivity contribution in [1.82, 2.24) is 9.78 Å². The number of ether oxygens (including phenoxy) is 1. The number of hydrogen-bond acceptors (Lipinski definition) is 5. The molecule has 2 N–H and O–H groups in total. The minimum absolute atomic E-state index is 0.0583. The third-order valence-electron chi connectivity index (χ3n) is 3.50. The van der Waals surface area contributed by atoms with E-state index in [9.17, 15) is 5.11 Å². The Morgan fingerprint density at radius 3 is 2.74 bits per heavy atom. The molecule has 0 atom stereocenters. The predicted molar refractivity (Wildman–Crippen MR) is 92.9 cm³/mol. The number of anilines is 1. The number of thiophene rings is 1. The van der Waals surface area contributed by atoms with Gasteiger partial charge in [-0.3, -0.25) is 0 Å². The van der Waals surface area contributed by atoms with Crippen LogP contribution in [0.15, 0.2) is 47.8 Å². The van der Waals surface area contributed by atoms with Gasteiger partial charge < -0.3 is 15.2 Å². The second-order valence-corrected chi connectivity index (χ2v) is 5.99. The van der Waals surface area contributed by atoms with E-state index in [0.717, 1.165) is 27.7 Å². The van der Waals surface area contributed by atoms with Crippen LogP contribution in [0.4, 0.5) is 5.82 Å². The molecule has 0 radical (unpaired) electrons. The molecule has 0 unspecified atom stereocenters. The Morgan fingerprint density at radius 1 is 1.26 bits per heavy atom. The molecule has 0 spiro atoms. The summed E-state index contributed by atoms with van der Waals surface area (Å²) < 4.78 is 6.97. The fourth-order valence-corrected chi connectivity index (χ4v) is 2.99. The first-order valence-electron chi connectivity index (χ1n) is 7.39. The van der Waals surface area contributed by atoms with Crippen LogP contribution in [0.3, 0.4) is 0 Å². The largest absolute Gasteiger partial charge is 0.497 e. The molecule has 0 aliphatic heterocycles. The first kappa shape index (κ1) is 15.6. The molecule has 3 rings (SSSR count). The Morgan fingerprint density at radius 2 is 2.09 bits per heavy atom. The van der Waals surface area contributed by atoms with E-state index in [-0.39, 0.29) is 6.61 Å². The smallest absolute Gasteiger partial charge is 0.125 e. The van der Waals surface area contributed by atoms with Gasteiger partial charge in [0.25, 0.3) is 0 Å². The summed E-state index contributed by atoms with van der Waals surface area (Å²) in [5, 5.41) is 19.2. The highest BCUT2D eigenvalue weighted by Crippen LogP contribution is 2.26. The second-order valence-electron chi connectivity index (χ2n) is 5.04. The van der Waals surface area contributed by atoms with Gasteiger partial charge in [0.15, 0.2) is 0 Å². The number of nitrogens with zero attached hydrogens (tertiary/aromatic N) is 2. The summed E-state index contributed by atoms with van der Waals surface area (Å²) in [6.45, 7) is 1.21. The van der Waals surface area contributed by atoms with Gasteiger partial charge in [0.05, 0.1) is 25.1 Å². The van der Waals surface area contributed by atoms with Crippen LogP contribution in [-0.4, -0.2) is 28.6 Å². The van der Waals surface area contributed by atoms with Crippen LogP contribution in [0.5, 0.6) is 5.75 Å². The van der Waals surface area contributed by atoms with E-state index in [1.807, 2.05) is 47.8 Å². The highest BCUT2D eigenvalue weighted by molar-refractivity contribution is 7.13. The summed E-state index contributed by atoms with van der Waals surface area (Å²) in [6, 6.07) is 14.0. The molecule has 0 aliphatic carbocycles. The van der Waals surface area contributed by atoms with Gasteiger partial charge in [0.2, 0.25) is 0 Å². The summed E-state index contributed by atoms with van der Waals surface area (Å²) >= 11 is 1.65. The topological polar surface area (TPSA) is 59.3 Å². The number of benzene rings is 1. The molecule has 6 heteroatoms. The summed E-state index contributed by atoms with van der Waals surface area (Å²) in [5.41, 5.74) is 2.07. The maximum Gasteiger partial charge on any atom is 0.125 e. The molecule has 0 saturated heterocycles. The molecule has 120 valence electrons. The summed E-state index contributed by atoms with van der Waals surface area (Å²) in [6.07, 6.45) is 0. The van der Waals surface area contributed by atoms with E-state index in [1.165, 1.54) is 0 Å². The molecule has 2 aromatic heterocycles. The van der Waals surface area contributed by atoms with Gasteiger partial charge in [-0.2, -0.15) is 5.10 Å². The number of rotatable bonds is 7. The van der Waals surface area contributed by atoms with Gasteiger partial charge in [-0.05, 0) is 29.1 Å². The standard InChI is InChI=1S/C17H19N3O2S/c1-22-14-6-4-13(5-7-14)12-18-17-11-15(16-3-2-10-23-16)19-20(17)8-9-21/h2-7,10-11,18,21H,8-9,12H2,1H3. The van der Waals surface area contributed by atoms with E-state index in [0.29, 0.717) is 13.1 Å². The molecule has 0 fully saturated rings. The van der Waals surface area contributed by atoms with Crippen molar-refractivity contribution in [3.05, 3.63) is 53.4 Å². The van der Waals surface area contributed by atoms with Gasteiger partial charge in [0.1, 0.15) is 17.3 Å². The van der Waals surface area contributed by atoms with E-state index < -0.39 is 0 Å². The van der Waals surface area contributed by atoms with Crippen LogP contribution < -0.4 is 10.1 Å². The minimum Gasteiger partial charge on any atom is -0.497 e. The monoisotopic (exact) mass is 329 g/mol. The predicted octanol–water partition coefficient (Wildman–Crippen LogP) is 3.22. The Hall–Kier alpha value is -2.31. The van der Waals surface area contributed by atoms with Crippen LogP contribution in [-0.2, 0) is 13.1 Å². The van der Waals surface area contributed by atoms with Crippen molar-refractivity contribution >= 4 is 17.2 Å². The van der Waals surface area contributed by atoms with Gasteiger partial charge >= 0.3 is 0 Å². The van der Waals surface area contributed by atoms with Crippen LogP contribution in [0.1, 0.15) is 5.56 Å². The fourth-order valence-electron chi connectivity index (χ4n) is 2.30. The normalized spacial score (nSPS) is 10.7. The lowest BCUT2D eigenvalue weighted by atomic mass is 10.2. The lowest BCUT2D eigenvalue weighted by Gasteiger charge is -2.09. The number of hydrogen-bond donors (Lipinski definition) is 2. The molecule has 0 saturated carbocycles. The SMILES string of the molecule is COc1ccc(CNc2cc(-c3cccs3)nn2CCO)cc1. The van der Waals surface area contributed by atoms with Crippen molar-refractivity contribution in [2.24, 2.45) is 0 Å². The Kier molecular flexibility index (Phi) is 4.95. The van der Waals surface area contributed by atoms with Crippen LogP contribution in [0.25, 0.3) is 10.6 Å². The molecule has 1 aromatic carbocycles. The zero-order chi connectivity index (χ0) is 16.1. The first-order chi connectivity index (χ1) is 11.3. The van der Waals surface area contributed by atoms with E-state index in [4.69, 9.17) is 4.74 Å². The molecule has 2 heterocycles. The number of aliphatic hydroxyl groups excluding tert-OH is 1. The van der Waals surface area contributed by atoms with Crippen molar-refractivity contribution in [2.75, 3.05) is 19.0 Å². The number of nitrogens with one attached hydrogen (secondary N) is 1. The Balaban J connectivity index is 1.75. The maximum absolute atomic E-state index is 9.23. The van der Waals surface area contributed by atoms with Gasteiger partial charge in [0, 0.05) is 12.6 Å². The molecule has 3 aromatic rings. The lowest BCUT2D eigenvalue weighted by Crippen LogP contribution is -2.10. The number of aromatic nitrogens is 2. The maximum atomic E-state index is 9.23. The van der Waals surface area contributed by atoms with Gasteiger partial charge in [-0.15, -0.1) is 11.3 Å². The summed E-state index contributed by atoms with van der Waals surface area (Å²) in [5.74, 6) is 1.75. The highest BCUT2D eigenvalue weighted by atomic mass is 32.1. The highest BCUT2D eigenvalue weighted by Gasteiger charge is 2.10. The van der Waals surface area contributed by atoms with Crippen LogP contribution >= 0.6 is 11.3 Å². The lowest BCUT2D eigenvalue weighted by molar-refractivity contribution is 0.270. The molecular formula is C17H19N3O2S. The van der Waals surface area contributed by atoms with Gasteiger partial charge in [-0.25, -0.2) is 4.68 Å². The molecule has 23 heavy (non-hydrogen) atoms. The molecule has 0 amide bonds. The first-order valence-corrected chi connectivity index (χ1v) is 8.27. The summed E-state index contributed by atoms with van der Waals surface area (Å²) in [7, 11) is 1.66. The second kappa shape index (κ2) is 7.30. The average molecular weight is 329 g/mol. The van der Waals surface area contributed by atoms with Crippen molar-refractivity contribution in [1.29, 1.82) is 0 Å². The zero-order valence-electron chi connectivity index (χ0n) is 12.9. The van der Waals surface area contributed by atoms with Crippen LogP contribution in [0.2, 0.25) is 0 Å². The molecular weight excluding hydrogens is 310 g/mol. The van der Waals surface area contributed by atoms with E-state index in [1.54, 1.807) is 23.1 Å². The third kappa shape index (κ3) is 3.72. The van der Waals surface area contributed by atoms with Crippen molar-refractivity contribution < 1.29 is 9.84 Å². The number of methoxy groups -OCH3 is 1. The Bertz CT molecular complexity index is 736. The molecule has 0 aliphatic rings. The number of aliphatic hydroxyl groups is 1. The Labute approximate surface area is 139 Å². The van der Waals surface area contributed by atoms with Crippen molar-refractivity contribution in [3.8, 4) is 16.3 Å². The third-order valence-corrected chi connectivity index (χ3v) is 4.39. The van der Waals surface area contributed by atoms with Crippen molar-refractivity contribution in [3.63, 3.8) is 0 Å².